The van der Waals surface area contributed by atoms with Gasteiger partial charge in [0.05, 0.1) is 6.61 Å². The Hall–Kier alpha value is -3.27. The van der Waals surface area contributed by atoms with Gasteiger partial charge in [0.15, 0.2) is 5.78 Å². The lowest BCUT2D eigenvalue weighted by atomic mass is 9.99. The van der Waals surface area contributed by atoms with Crippen molar-refractivity contribution in [1.29, 1.82) is 5.26 Å². The molecular formula is C21H21FN2O4. The molecule has 0 aliphatic heterocycles. The second-order valence-corrected chi connectivity index (χ2v) is 6.42. The molecule has 2 aromatic rings. The van der Waals surface area contributed by atoms with Crippen LogP contribution in [-0.4, -0.2) is 23.3 Å². The number of nitrogens with zero attached hydrogens (tertiary/aromatic N) is 1. The molecule has 0 aliphatic rings. The fourth-order valence-corrected chi connectivity index (χ4v) is 2.92. The number of aryl methyl sites for hydroxylation is 1. The van der Waals surface area contributed by atoms with Crippen molar-refractivity contribution < 1.29 is 18.7 Å². The molecule has 0 fully saturated rings. The molecule has 1 aromatic carbocycles. The first-order chi connectivity index (χ1) is 13.3. The molecule has 0 radical (unpaired) electrons. The predicted octanol–water partition coefficient (Wildman–Crippen LogP) is 3.14. The molecule has 146 valence electrons. The van der Waals surface area contributed by atoms with Crippen molar-refractivity contribution in [1.82, 2.24) is 4.98 Å². The summed E-state index contributed by atoms with van der Waals surface area (Å²) in [6.45, 7) is 3.51. The van der Waals surface area contributed by atoms with Crippen molar-refractivity contribution in [2.75, 3.05) is 6.61 Å². The number of rotatable bonds is 8. The number of aromatic nitrogens is 1. The summed E-state index contributed by atoms with van der Waals surface area (Å²) in [7, 11) is 0. The minimum atomic E-state index is -0.436. The van der Waals surface area contributed by atoms with Gasteiger partial charge in [-0.2, -0.15) is 5.26 Å². The maximum atomic E-state index is 12.9. The largest absolute Gasteiger partial charge is 0.466 e. The molecule has 1 N–H and O–H groups in total. The molecule has 0 saturated carbocycles. The molecule has 0 atom stereocenters. The van der Waals surface area contributed by atoms with Gasteiger partial charge in [0.1, 0.15) is 17.4 Å². The van der Waals surface area contributed by atoms with Crippen LogP contribution in [-0.2, 0) is 16.0 Å². The SMILES string of the molecule is Cc1[nH]c(=O)c(C#N)c(C)c1CCC(=O)OCCCC(=O)c1ccc(F)cc1. The van der Waals surface area contributed by atoms with Crippen molar-refractivity contribution >= 4 is 11.8 Å². The number of benzene rings is 1. The molecule has 0 unspecified atom stereocenters. The van der Waals surface area contributed by atoms with E-state index in [0.29, 0.717) is 29.7 Å². The number of esters is 1. The fourth-order valence-electron chi connectivity index (χ4n) is 2.92. The molecule has 6 nitrogen and oxygen atoms in total. The van der Waals surface area contributed by atoms with Gasteiger partial charge in [-0.05, 0) is 62.1 Å². The van der Waals surface area contributed by atoms with E-state index < -0.39 is 17.3 Å². The van der Waals surface area contributed by atoms with Crippen molar-refractivity contribution in [3.63, 3.8) is 0 Å². The molecule has 1 aromatic heterocycles. The van der Waals surface area contributed by atoms with E-state index in [1.54, 1.807) is 13.8 Å². The Morgan fingerprint density at radius 2 is 1.86 bits per heavy atom. The lowest BCUT2D eigenvalue weighted by molar-refractivity contribution is -0.143. The highest BCUT2D eigenvalue weighted by atomic mass is 19.1. The zero-order valence-corrected chi connectivity index (χ0v) is 15.8. The summed E-state index contributed by atoms with van der Waals surface area (Å²) in [4.78, 5) is 38.2. The van der Waals surface area contributed by atoms with Gasteiger partial charge in [-0.15, -0.1) is 0 Å². The second-order valence-electron chi connectivity index (χ2n) is 6.42. The highest BCUT2D eigenvalue weighted by Gasteiger charge is 2.14. The van der Waals surface area contributed by atoms with E-state index in [0.717, 1.165) is 5.56 Å². The van der Waals surface area contributed by atoms with E-state index in [-0.39, 0.29) is 30.8 Å². The summed E-state index contributed by atoms with van der Waals surface area (Å²) >= 11 is 0. The zero-order chi connectivity index (χ0) is 20.7. The zero-order valence-electron chi connectivity index (χ0n) is 15.8. The van der Waals surface area contributed by atoms with Crippen LogP contribution in [0.15, 0.2) is 29.1 Å². The average Bonchev–Trinajstić information content (AvgIpc) is 2.65. The first-order valence-electron chi connectivity index (χ1n) is 8.90. The normalized spacial score (nSPS) is 10.4. The van der Waals surface area contributed by atoms with Crippen LogP contribution < -0.4 is 5.56 Å². The number of halogens is 1. The van der Waals surface area contributed by atoms with Crippen LogP contribution in [0.3, 0.4) is 0 Å². The number of pyridine rings is 1. The first kappa shape index (κ1) is 21.0. The fraction of sp³-hybridized carbons (Fsp3) is 0.333. The van der Waals surface area contributed by atoms with Gasteiger partial charge in [0.25, 0.3) is 5.56 Å². The van der Waals surface area contributed by atoms with Crippen molar-refractivity contribution in [2.45, 2.75) is 39.5 Å². The van der Waals surface area contributed by atoms with Gasteiger partial charge in [-0.3, -0.25) is 14.4 Å². The highest BCUT2D eigenvalue weighted by Crippen LogP contribution is 2.15. The summed E-state index contributed by atoms with van der Waals surface area (Å²) in [5.74, 6) is -0.961. The molecular weight excluding hydrogens is 363 g/mol. The van der Waals surface area contributed by atoms with Gasteiger partial charge >= 0.3 is 5.97 Å². The Labute approximate surface area is 162 Å². The molecule has 0 spiro atoms. The number of H-pyrrole nitrogens is 1. The quantitative estimate of drug-likeness (QED) is 0.428. The Morgan fingerprint density at radius 1 is 1.18 bits per heavy atom. The third kappa shape index (κ3) is 5.36. The standard InChI is InChI=1S/C21H21FN2O4/c1-13-17(14(2)24-21(27)18(13)12-23)9-10-20(26)28-11-3-4-19(25)15-5-7-16(22)8-6-15/h5-8H,3-4,9-11H2,1-2H3,(H,24,27). The molecule has 0 amide bonds. The lowest BCUT2D eigenvalue weighted by Gasteiger charge is -2.10. The van der Waals surface area contributed by atoms with E-state index >= 15 is 0 Å². The summed E-state index contributed by atoms with van der Waals surface area (Å²) in [5.41, 5.74) is 1.98. The third-order valence-electron chi connectivity index (χ3n) is 4.48. The maximum Gasteiger partial charge on any atom is 0.306 e. The maximum absolute atomic E-state index is 12.9. The van der Waals surface area contributed by atoms with Crippen LogP contribution in [0.4, 0.5) is 4.39 Å². The molecule has 2 rings (SSSR count). The van der Waals surface area contributed by atoms with Crippen LogP contribution in [0.5, 0.6) is 0 Å². The topological polar surface area (TPSA) is 100 Å². The van der Waals surface area contributed by atoms with E-state index in [1.807, 2.05) is 6.07 Å². The van der Waals surface area contributed by atoms with Crippen molar-refractivity contribution in [2.24, 2.45) is 0 Å². The van der Waals surface area contributed by atoms with Gasteiger partial charge in [-0.1, -0.05) is 0 Å². The van der Waals surface area contributed by atoms with Crippen LogP contribution >= 0.6 is 0 Å². The van der Waals surface area contributed by atoms with Crippen LogP contribution in [0.1, 0.15) is 52.0 Å². The Kier molecular flexibility index (Phi) is 7.21. The number of aromatic amines is 1. The minimum Gasteiger partial charge on any atom is -0.466 e. The number of ketones is 1. The van der Waals surface area contributed by atoms with Gasteiger partial charge in [0, 0.05) is 24.1 Å². The van der Waals surface area contributed by atoms with Crippen molar-refractivity contribution in [3.8, 4) is 6.07 Å². The Morgan fingerprint density at radius 3 is 2.50 bits per heavy atom. The van der Waals surface area contributed by atoms with Crippen LogP contribution in [0, 0.1) is 31.0 Å². The highest BCUT2D eigenvalue weighted by molar-refractivity contribution is 5.95. The number of nitrogens with one attached hydrogen (secondary N) is 1. The summed E-state index contributed by atoms with van der Waals surface area (Å²) in [6.07, 6.45) is 1.01. The number of nitriles is 1. The summed E-state index contributed by atoms with van der Waals surface area (Å²) in [6, 6.07) is 7.18. The molecule has 7 heteroatoms. The van der Waals surface area contributed by atoms with Gasteiger partial charge in [-0.25, -0.2) is 4.39 Å². The first-order valence-corrected chi connectivity index (χ1v) is 8.90. The number of hydrogen-bond acceptors (Lipinski definition) is 5. The number of ether oxygens (including phenoxy) is 1. The van der Waals surface area contributed by atoms with Crippen LogP contribution in [0.2, 0.25) is 0 Å². The van der Waals surface area contributed by atoms with E-state index in [2.05, 4.69) is 4.98 Å². The number of carbonyl (C=O) groups excluding carboxylic acids is 2. The number of carbonyl (C=O) groups is 2. The van der Waals surface area contributed by atoms with E-state index in [9.17, 15) is 18.8 Å². The molecule has 0 saturated heterocycles. The lowest BCUT2D eigenvalue weighted by Crippen LogP contribution is -2.17. The number of Topliss-reactive ketones (excluding diaryl/α,β-unsaturated/α-hetero) is 1. The Balaban J connectivity index is 1.79. The molecule has 28 heavy (non-hydrogen) atoms. The molecule has 1 heterocycles. The van der Waals surface area contributed by atoms with E-state index in [4.69, 9.17) is 10.00 Å². The summed E-state index contributed by atoms with van der Waals surface area (Å²) in [5, 5.41) is 9.07. The van der Waals surface area contributed by atoms with Gasteiger partial charge < -0.3 is 9.72 Å². The smallest absolute Gasteiger partial charge is 0.306 e. The average molecular weight is 384 g/mol. The third-order valence-corrected chi connectivity index (χ3v) is 4.48. The molecule has 0 bridgehead atoms. The summed E-state index contributed by atoms with van der Waals surface area (Å²) < 4.78 is 18.0. The van der Waals surface area contributed by atoms with Crippen molar-refractivity contribution in [3.05, 3.63) is 68.4 Å². The molecule has 0 aliphatic carbocycles. The second kappa shape index (κ2) is 9.60. The minimum absolute atomic E-state index is 0.0493. The monoisotopic (exact) mass is 384 g/mol. The van der Waals surface area contributed by atoms with E-state index in [1.165, 1.54) is 24.3 Å². The van der Waals surface area contributed by atoms with Gasteiger partial charge in [0.2, 0.25) is 0 Å². The van der Waals surface area contributed by atoms with Crippen LogP contribution in [0.25, 0.3) is 0 Å². The predicted molar refractivity (Wildman–Crippen MR) is 100 cm³/mol. The number of hydrogen-bond donors (Lipinski definition) is 1. The Bertz CT molecular complexity index is 972.